The Hall–Kier alpha value is -2.11. The first kappa shape index (κ1) is 26.0. The van der Waals surface area contributed by atoms with E-state index in [-0.39, 0.29) is 65.4 Å². The average molecular weight is 508 g/mol. The van der Waals surface area contributed by atoms with Gasteiger partial charge >= 0.3 is 5.97 Å². The van der Waals surface area contributed by atoms with Crippen LogP contribution in [0.25, 0.3) is 0 Å². The number of rotatable bonds is 8. The third-order valence-electron chi connectivity index (χ3n) is 7.88. The van der Waals surface area contributed by atoms with Crippen LogP contribution in [0.2, 0.25) is 0 Å². The molecule has 194 valence electrons. The van der Waals surface area contributed by atoms with Crippen LogP contribution in [0.3, 0.4) is 0 Å². The molecule has 0 spiro atoms. The number of thioether (sulfide) groups is 1. The maximum atomic E-state index is 13.2. The number of likely N-dealkylation sites (N-methyl/N-ethyl adjacent to an activating group) is 1. The summed E-state index contributed by atoms with van der Waals surface area (Å²) in [5.74, 6) is -1.68. The molecule has 0 aromatic heterocycles. The van der Waals surface area contributed by atoms with E-state index in [0.717, 1.165) is 17.7 Å². The molecule has 8 atom stereocenters. The third kappa shape index (κ3) is 4.95. The molecular weight excluding hydrogens is 470 g/mol. The Morgan fingerprint density at radius 2 is 2.00 bits per heavy atom. The van der Waals surface area contributed by atoms with Gasteiger partial charge in [0.2, 0.25) is 17.7 Å². The monoisotopic (exact) mass is 507 g/mol. The maximum Gasteiger partial charge on any atom is 0.309 e. The number of nitrogens with two attached hydrogens (primary N) is 1. The summed E-state index contributed by atoms with van der Waals surface area (Å²) in [7, 11) is 3.46. The summed E-state index contributed by atoms with van der Waals surface area (Å²) in [5, 5.41) is 16.0. The molecule has 1 saturated carbocycles. The molecule has 3 amide bonds. The number of nitrogens with one attached hydrogen (secondary N) is 2. The average Bonchev–Trinajstić information content (AvgIpc) is 3.47. The van der Waals surface area contributed by atoms with Crippen molar-refractivity contribution in [1.29, 1.82) is 0 Å². The van der Waals surface area contributed by atoms with E-state index in [1.54, 1.807) is 35.7 Å². The third-order valence-corrected chi connectivity index (χ3v) is 9.44. The van der Waals surface area contributed by atoms with Gasteiger partial charge in [0.1, 0.15) is 0 Å². The largest absolute Gasteiger partial charge is 0.481 e. The molecule has 0 aromatic rings. The highest BCUT2D eigenvalue weighted by Gasteiger charge is 2.59. The number of fused-ring (bicyclic) bond motifs is 1. The van der Waals surface area contributed by atoms with Gasteiger partial charge in [-0.05, 0) is 32.6 Å². The summed E-state index contributed by atoms with van der Waals surface area (Å²) in [4.78, 5) is 54.1. The van der Waals surface area contributed by atoms with Crippen molar-refractivity contribution < 1.29 is 24.3 Å². The molecule has 3 fully saturated rings. The smallest absolute Gasteiger partial charge is 0.309 e. The summed E-state index contributed by atoms with van der Waals surface area (Å²) in [6.07, 6.45) is 2.70. The van der Waals surface area contributed by atoms with Gasteiger partial charge in [0, 0.05) is 60.4 Å². The zero-order valence-electron chi connectivity index (χ0n) is 20.8. The Labute approximate surface area is 210 Å². The lowest BCUT2D eigenvalue weighted by Crippen LogP contribution is -2.66. The van der Waals surface area contributed by atoms with Crippen molar-refractivity contribution in [1.82, 2.24) is 20.4 Å². The summed E-state index contributed by atoms with van der Waals surface area (Å²) in [6, 6.07) is -0.722. The van der Waals surface area contributed by atoms with Gasteiger partial charge in [0.15, 0.2) is 0 Å². The fraction of sp³-hybridized carbons (Fsp3) is 0.750. The molecule has 2 saturated heterocycles. The number of hydrogen-bond donors (Lipinski definition) is 4. The number of nitrogens with zero attached hydrogens (tertiary/aromatic N) is 2. The number of aliphatic carboxylic acids is 1. The second-order valence-electron chi connectivity index (χ2n) is 10.6. The minimum atomic E-state index is -0.980. The van der Waals surface area contributed by atoms with Crippen molar-refractivity contribution in [3.05, 3.63) is 10.6 Å². The molecular formula is C24H37N5O5S. The quantitative estimate of drug-likeness (QED) is 0.344. The number of amides is 3. The van der Waals surface area contributed by atoms with Crippen LogP contribution in [0, 0.1) is 17.8 Å². The first-order chi connectivity index (χ1) is 16.5. The topological polar surface area (TPSA) is 145 Å². The number of hydrogen-bond acceptors (Lipinski definition) is 7. The van der Waals surface area contributed by atoms with E-state index in [9.17, 15) is 24.3 Å². The molecule has 4 rings (SSSR count). The first-order valence-corrected chi connectivity index (χ1v) is 13.3. The standard InChI is InChI=1S/C24H37N5O5S/c1-11-20-19(12(2)27-22(32)13-5-6-14(25)7-13)24(34)29(20)17(9-18(30)31)21(11)35-15-8-16(26-10-15)23(33)28(3)4/h11-16,19-20,26H,5-10,25H2,1-4H3,(H,27,32)(H,30,31)/t11-,12-,13+,14-,15+,16+,19-,20-/m1/s1. The van der Waals surface area contributed by atoms with Crippen molar-refractivity contribution in [3.63, 3.8) is 0 Å². The zero-order chi connectivity index (χ0) is 25.6. The van der Waals surface area contributed by atoms with Gasteiger partial charge in [-0.15, -0.1) is 11.8 Å². The number of carbonyl (C=O) groups excluding carboxylic acids is 3. The molecule has 10 nitrogen and oxygen atoms in total. The van der Waals surface area contributed by atoms with Gasteiger partial charge in [0.25, 0.3) is 0 Å². The zero-order valence-corrected chi connectivity index (χ0v) is 21.6. The SMILES string of the molecule is C[C@@H](NC(=O)[C@H]1CC[C@@H](N)C1)[C@H]1C(=O)N2C(CC(=O)O)=C(S[C@@H]3CN[C@H](C(=O)N(C)C)C3)[C@H](C)[C@H]12. The molecule has 3 heterocycles. The fourth-order valence-electron chi connectivity index (χ4n) is 6.08. The van der Waals surface area contributed by atoms with Gasteiger partial charge in [-0.25, -0.2) is 0 Å². The number of carbonyl (C=O) groups is 4. The van der Waals surface area contributed by atoms with Crippen molar-refractivity contribution in [2.24, 2.45) is 23.5 Å². The lowest BCUT2D eigenvalue weighted by atomic mass is 9.78. The fourth-order valence-corrected chi connectivity index (χ4v) is 7.56. The molecule has 3 aliphatic heterocycles. The van der Waals surface area contributed by atoms with Gasteiger partial charge < -0.3 is 31.3 Å². The number of carboxylic acid groups (broad SMARTS) is 1. The van der Waals surface area contributed by atoms with E-state index in [4.69, 9.17) is 5.73 Å². The van der Waals surface area contributed by atoms with Crippen LogP contribution < -0.4 is 16.4 Å². The second kappa shape index (κ2) is 10.1. The highest BCUT2D eigenvalue weighted by atomic mass is 32.2. The molecule has 11 heteroatoms. The van der Waals surface area contributed by atoms with Crippen molar-refractivity contribution >= 4 is 35.5 Å². The predicted molar refractivity (Wildman–Crippen MR) is 132 cm³/mol. The van der Waals surface area contributed by atoms with Crippen molar-refractivity contribution in [2.45, 2.75) is 75.4 Å². The van der Waals surface area contributed by atoms with Gasteiger partial charge in [0.05, 0.1) is 24.4 Å². The maximum absolute atomic E-state index is 13.2. The Bertz CT molecular complexity index is 939. The minimum absolute atomic E-state index is 0.0270. The molecule has 0 bridgehead atoms. The molecule has 35 heavy (non-hydrogen) atoms. The Morgan fingerprint density at radius 1 is 1.29 bits per heavy atom. The summed E-state index contributed by atoms with van der Waals surface area (Å²) < 4.78 is 0. The van der Waals surface area contributed by atoms with Gasteiger partial charge in [-0.3, -0.25) is 19.2 Å². The van der Waals surface area contributed by atoms with E-state index in [1.807, 2.05) is 13.8 Å². The van der Waals surface area contributed by atoms with Crippen LogP contribution in [0.15, 0.2) is 10.6 Å². The lowest BCUT2D eigenvalue weighted by Gasteiger charge is -2.48. The lowest BCUT2D eigenvalue weighted by molar-refractivity contribution is -0.155. The highest BCUT2D eigenvalue weighted by molar-refractivity contribution is 8.03. The van der Waals surface area contributed by atoms with Crippen LogP contribution in [0.5, 0.6) is 0 Å². The van der Waals surface area contributed by atoms with Crippen LogP contribution >= 0.6 is 11.8 Å². The van der Waals surface area contributed by atoms with E-state index in [0.29, 0.717) is 25.1 Å². The van der Waals surface area contributed by atoms with Crippen molar-refractivity contribution in [2.75, 3.05) is 20.6 Å². The number of β-lactam (4-membered cyclic amide) rings is 1. The van der Waals surface area contributed by atoms with Crippen LogP contribution in [0.4, 0.5) is 0 Å². The summed E-state index contributed by atoms with van der Waals surface area (Å²) in [6.45, 7) is 4.53. The highest BCUT2D eigenvalue weighted by Crippen LogP contribution is 2.52. The molecule has 1 aliphatic carbocycles. The number of carboxylic acids is 1. The van der Waals surface area contributed by atoms with Crippen LogP contribution in [-0.2, 0) is 19.2 Å². The second-order valence-corrected chi connectivity index (χ2v) is 12.0. The van der Waals surface area contributed by atoms with Crippen LogP contribution in [-0.4, -0.2) is 88.7 Å². The minimum Gasteiger partial charge on any atom is -0.481 e. The van der Waals surface area contributed by atoms with Crippen molar-refractivity contribution in [3.8, 4) is 0 Å². The Morgan fingerprint density at radius 3 is 2.60 bits per heavy atom. The predicted octanol–water partition coefficient (Wildman–Crippen LogP) is 0.333. The summed E-state index contributed by atoms with van der Waals surface area (Å²) >= 11 is 1.59. The molecule has 4 aliphatic rings. The van der Waals surface area contributed by atoms with E-state index in [2.05, 4.69) is 10.6 Å². The molecule has 5 N–H and O–H groups in total. The summed E-state index contributed by atoms with van der Waals surface area (Å²) in [5.41, 5.74) is 6.52. The molecule has 0 unspecified atom stereocenters. The van der Waals surface area contributed by atoms with Crippen LogP contribution in [0.1, 0.15) is 46.0 Å². The molecule has 0 radical (unpaired) electrons. The Kier molecular flexibility index (Phi) is 7.49. The van der Waals surface area contributed by atoms with E-state index >= 15 is 0 Å². The van der Waals surface area contributed by atoms with E-state index < -0.39 is 11.9 Å². The van der Waals surface area contributed by atoms with Gasteiger partial charge in [-0.1, -0.05) is 6.92 Å². The van der Waals surface area contributed by atoms with Gasteiger partial charge in [-0.2, -0.15) is 0 Å². The first-order valence-electron chi connectivity index (χ1n) is 12.4. The Balaban J connectivity index is 1.46. The van der Waals surface area contributed by atoms with E-state index in [1.165, 1.54) is 0 Å². The molecule has 0 aromatic carbocycles. The normalized spacial score (nSPS) is 35.1.